The van der Waals surface area contributed by atoms with Crippen molar-refractivity contribution in [3.8, 4) is 16.3 Å². The van der Waals surface area contributed by atoms with Gasteiger partial charge in [-0.3, -0.25) is 14.6 Å². The van der Waals surface area contributed by atoms with Gasteiger partial charge in [0.15, 0.2) is 5.76 Å². The summed E-state index contributed by atoms with van der Waals surface area (Å²) in [5.74, 6) is -0.925. The molecule has 8 heteroatoms. The minimum absolute atomic E-state index is 0.0299. The first-order chi connectivity index (χ1) is 17.5. The number of aromatic nitrogens is 2. The van der Waals surface area contributed by atoms with E-state index in [1.807, 2.05) is 54.6 Å². The van der Waals surface area contributed by atoms with Crippen LogP contribution in [0.15, 0.2) is 90.5 Å². The Morgan fingerprint density at radius 1 is 1.11 bits per heavy atom. The van der Waals surface area contributed by atoms with Crippen LogP contribution in [0, 0.1) is 6.92 Å². The standard InChI is InChI=1S/C28H23N3O4S/c1-17-26(36-27(30-17)19-9-4-3-5-10-19)24(32)22-23(20-11-7-13-29-15-20)31(28(34)25(22)33)16-18-8-6-12-21(14-18)35-2/h3-15,23,33H,16H2,1-2H3. The molecule has 0 saturated carbocycles. The number of benzene rings is 2. The number of carbonyl (C=O) groups is 2. The fraction of sp³-hybridized carbons (Fsp3) is 0.143. The van der Waals surface area contributed by atoms with Gasteiger partial charge in [0.25, 0.3) is 5.91 Å². The summed E-state index contributed by atoms with van der Waals surface area (Å²) in [6.07, 6.45) is 3.23. The molecule has 0 aliphatic carbocycles. The maximum atomic E-state index is 13.9. The van der Waals surface area contributed by atoms with E-state index in [0.29, 0.717) is 26.9 Å². The molecule has 0 fully saturated rings. The second-order valence-corrected chi connectivity index (χ2v) is 9.36. The van der Waals surface area contributed by atoms with Crippen molar-refractivity contribution < 1.29 is 19.4 Å². The van der Waals surface area contributed by atoms with Crippen LogP contribution in [-0.4, -0.2) is 38.8 Å². The molecule has 0 radical (unpaired) electrons. The van der Waals surface area contributed by atoms with E-state index in [9.17, 15) is 14.7 Å². The summed E-state index contributed by atoms with van der Waals surface area (Å²) in [4.78, 5) is 37.9. The largest absolute Gasteiger partial charge is 0.503 e. The monoisotopic (exact) mass is 497 g/mol. The van der Waals surface area contributed by atoms with Gasteiger partial charge >= 0.3 is 0 Å². The molecule has 2 aromatic heterocycles. The lowest BCUT2D eigenvalue weighted by molar-refractivity contribution is -0.130. The van der Waals surface area contributed by atoms with Crippen LogP contribution >= 0.6 is 11.3 Å². The highest BCUT2D eigenvalue weighted by Crippen LogP contribution is 2.41. The number of rotatable bonds is 7. The number of amides is 1. The summed E-state index contributed by atoms with van der Waals surface area (Å²) >= 11 is 1.25. The molecule has 1 aliphatic heterocycles. The number of carbonyl (C=O) groups excluding carboxylic acids is 2. The molecule has 0 spiro atoms. The Hall–Kier alpha value is -4.30. The Bertz CT molecular complexity index is 1460. The van der Waals surface area contributed by atoms with Crippen molar-refractivity contribution >= 4 is 23.0 Å². The van der Waals surface area contributed by atoms with Gasteiger partial charge in [0, 0.05) is 24.5 Å². The molecule has 1 atom stereocenters. The van der Waals surface area contributed by atoms with Gasteiger partial charge in [-0.05, 0) is 36.2 Å². The molecule has 4 aromatic rings. The van der Waals surface area contributed by atoms with Crippen LogP contribution in [0.1, 0.15) is 32.5 Å². The topological polar surface area (TPSA) is 92.6 Å². The Kier molecular flexibility index (Phi) is 6.35. The first kappa shape index (κ1) is 23.4. The van der Waals surface area contributed by atoms with Crippen molar-refractivity contribution in [3.05, 3.63) is 112 Å². The summed E-state index contributed by atoms with van der Waals surface area (Å²) in [6, 6.07) is 19.7. The first-order valence-corrected chi connectivity index (χ1v) is 12.1. The molecule has 36 heavy (non-hydrogen) atoms. The van der Waals surface area contributed by atoms with Gasteiger partial charge in [0.1, 0.15) is 10.8 Å². The van der Waals surface area contributed by atoms with Crippen LogP contribution in [-0.2, 0) is 11.3 Å². The molecule has 1 unspecified atom stereocenters. The van der Waals surface area contributed by atoms with Gasteiger partial charge in [-0.2, -0.15) is 0 Å². The highest BCUT2D eigenvalue weighted by Gasteiger charge is 2.44. The van der Waals surface area contributed by atoms with E-state index >= 15 is 0 Å². The van der Waals surface area contributed by atoms with E-state index in [1.165, 1.54) is 16.2 Å². The number of aliphatic hydroxyl groups is 1. The van der Waals surface area contributed by atoms with Gasteiger partial charge < -0.3 is 14.7 Å². The average molecular weight is 498 g/mol. The Morgan fingerprint density at radius 2 is 1.92 bits per heavy atom. The van der Waals surface area contributed by atoms with E-state index in [4.69, 9.17) is 4.74 Å². The summed E-state index contributed by atoms with van der Waals surface area (Å²) in [5.41, 5.74) is 2.91. The lowest BCUT2D eigenvalue weighted by Crippen LogP contribution is -2.30. The number of hydrogen-bond donors (Lipinski definition) is 1. The minimum Gasteiger partial charge on any atom is -0.503 e. The maximum Gasteiger partial charge on any atom is 0.290 e. The number of hydrogen-bond acceptors (Lipinski definition) is 7. The lowest BCUT2D eigenvalue weighted by Gasteiger charge is -2.26. The zero-order chi connectivity index (χ0) is 25.2. The second-order valence-electron chi connectivity index (χ2n) is 8.36. The zero-order valence-corrected chi connectivity index (χ0v) is 20.5. The molecule has 1 N–H and O–H groups in total. The number of methoxy groups -OCH3 is 1. The number of Topliss-reactive ketones (excluding diaryl/α,β-unsaturated/α-hetero) is 1. The summed E-state index contributed by atoms with van der Waals surface area (Å²) in [6.45, 7) is 1.94. The van der Waals surface area contributed by atoms with Crippen LogP contribution in [0.5, 0.6) is 5.75 Å². The number of ether oxygens (including phenoxy) is 1. The predicted molar refractivity (Wildman–Crippen MR) is 137 cm³/mol. The summed E-state index contributed by atoms with van der Waals surface area (Å²) in [7, 11) is 1.57. The summed E-state index contributed by atoms with van der Waals surface area (Å²) < 4.78 is 5.31. The Balaban J connectivity index is 1.56. The SMILES string of the molecule is COc1cccc(CN2C(=O)C(O)=C(C(=O)c3sc(-c4ccccc4)nc3C)C2c2cccnc2)c1. The van der Waals surface area contributed by atoms with Gasteiger partial charge in [-0.25, -0.2) is 4.98 Å². The van der Waals surface area contributed by atoms with E-state index in [-0.39, 0.29) is 12.1 Å². The van der Waals surface area contributed by atoms with Crippen molar-refractivity contribution in [1.29, 1.82) is 0 Å². The fourth-order valence-electron chi connectivity index (χ4n) is 4.33. The normalized spacial score (nSPS) is 15.4. The number of nitrogens with zero attached hydrogens (tertiary/aromatic N) is 3. The van der Waals surface area contributed by atoms with Gasteiger partial charge in [-0.15, -0.1) is 11.3 Å². The third-order valence-corrected chi connectivity index (χ3v) is 7.26. The molecule has 2 aromatic carbocycles. The van der Waals surface area contributed by atoms with Gasteiger partial charge in [0.2, 0.25) is 5.78 Å². The van der Waals surface area contributed by atoms with E-state index in [1.54, 1.807) is 38.6 Å². The molecule has 7 nitrogen and oxygen atoms in total. The number of ketones is 1. The van der Waals surface area contributed by atoms with Crippen LogP contribution in [0.3, 0.4) is 0 Å². The van der Waals surface area contributed by atoms with Crippen molar-refractivity contribution in [1.82, 2.24) is 14.9 Å². The number of thiazole rings is 1. The highest BCUT2D eigenvalue weighted by molar-refractivity contribution is 7.17. The highest BCUT2D eigenvalue weighted by atomic mass is 32.1. The molecule has 0 bridgehead atoms. The van der Waals surface area contributed by atoms with Crippen LogP contribution < -0.4 is 4.74 Å². The molecule has 1 amide bonds. The molecule has 3 heterocycles. The Morgan fingerprint density at radius 3 is 2.64 bits per heavy atom. The van der Waals surface area contributed by atoms with E-state index in [2.05, 4.69) is 9.97 Å². The van der Waals surface area contributed by atoms with Crippen LogP contribution in [0.2, 0.25) is 0 Å². The quantitative estimate of drug-likeness (QED) is 0.348. The van der Waals surface area contributed by atoms with Crippen molar-refractivity contribution in [3.63, 3.8) is 0 Å². The average Bonchev–Trinajstić information content (AvgIpc) is 3.42. The Labute approximate surface area is 212 Å². The number of pyridine rings is 1. The number of aliphatic hydroxyl groups excluding tert-OH is 1. The first-order valence-electron chi connectivity index (χ1n) is 11.3. The maximum absolute atomic E-state index is 13.9. The summed E-state index contributed by atoms with van der Waals surface area (Å²) in [5, 5.41) is 11.7. The van der Waals surface area contributed by atoms with Crippen molar-refractivity contribution in [2.24, 2.45) is 0 Å². The molecule has 1 aliphatic rings. The second kappa shape index (κ2) is 9.75. The third-order valence-electron chi connectivity index (χ3n) is 6.06. The molecular weight excluding hydrogens is 474 g/mol. The van der Waals surface area contributed by atoms with E-state index < -0.39 is 23.5 Å². The molecular formula is C28H23N3O4S. The van der Waals surface area contributed by atoms with Crippen molar-refractivity contribution in [2.45, 2.75) is 19.5 Å². The van der Waals surface area contributed by atoms with Crippen LogP contribution in [0.4, 0.5) is 0 Å². The lowest BCUT2D eigenvalue weighted by atomic mass is 9.96. The predicted octanol–water partition coefficient (Wildman–Crippen LogP) is 5.30. The molecule has 5 rings (SSSR count). The number of aryl methyl sites for hydroxylation is 1. The minimum atomic E-state index is -0.799. The van der Waals surface area contributed by atoms with Gasteiger partial charge in [0.05, 0.1) is 29.3 Å². The van der Waals surface area contributed by atoms with Crippen LogP contribution in [0.25, 0.3) is 10.6 Å². The molecule has 180 valence electrons. The van der Waals surface area contributed by atoms with Gasteiger partial charge in [-0.1, -0.05) is 48.5 Å². The van der Waals surface area contributed by atoms with Crippen molar-refractivity contribution in [2.75, 3.05) is 7.11 Å². The molecule has 0 saturated heterocycles. The zero-order valence-electron chi connectivity index (χ0n) is 19.7. The third kappa shape index (κ3) is 4.27. The fourth-order valence-corrected chi connectivity index (χ4v) is 5.36. The van der Waals surface area contributed by atoms with E-state index in [0.717, 1.165) is 11.1 Å². The smallest absolute Gasteiger partial charge is 0.290 e.